The van der Waals surface area contributed by atoms with Gasteiger partial charge in [-0.25, -0.2) is 0 Å². The maximum absolute atomic E-state index is 5.43. The van der Waals surface area contributed by atoms with Gasteiger partial charge in [0.25, 0.3) is 0 Å². The van der Waals surface area contributed by atoms with Crippen molar-refractivity contribution >= 4 is 0 Å². The Balaban J connectivity index is 2.08. The average molecular weight is 285 g/mol. The van der Waals surface area contributed by atoms with Crippen molar-refractivity contribution in [1.82, 2.24) is 5.32 Å². The molecule has 2 atom stereocenters. The largest absolute Gasteiger partial charge is 0.497 e. The molecule has 0 amide bonds. The molecule has 2 rings (SSSR count). The number of nitrogens with one attached hydrogen (secondary N) is 1. The topological polar surface area (TPSA) is 30.5 Å². The Morgan fingerprint density at radius 1 is 0.810 bits per heavy atom. The van der Waals surface area contributed by atoms with Gasteiger partial charge in [0.1, 0.15) is 11.5 Å². The van der Waals surface area contributed by atoms with Gasteiger partial charge in [-0.05, 0) is 37.6 Å². The third kappa shape index (κ3) is 3.76. The molecule has 0 heterocycles. The van der Waals surface area contributed by atoms with E-state index < -0.39 is 0 Å². The van der Waals surface area contributed by atoms with Gasteiger partial charge < -0.3 is 14.8 Å². The Labute approximate surface area is 126 Å². The van der Waals surface area contributed by atoms with Crippen molar-refractivity contribution in [3.63, 3.8) is 0 Å². The minimum Gasteiger partial charge on any atom is -0.497 e. The molecule has 3 heteroatoms. The molecule has 0 fully saturated rings. The van der Waals surface area contributed by atoms with E-state index in [1.54, 1.807) is 14.2 Å². The maximum Gasteiger partial charge on any atom is 0.123 e. The molecular weight excluding hydrogens is 262 g/mol. The molecule has 21 heavy (non-hydrogen) atoms. The van der Waals surface area contributed by atoms with E-state index >= 15 is 0 Å². The van der Waals surface area contributed by atoms with Gasteiger partial charge >= 0.3 is 0 Å². The van der Waals surface area contributed by atoms with Crippen molar-refractivity contribution in [2.24, 2.45) is 0 Å². The van der Waals surface area contributed by atoms with E-state index in [0.717, 1.165) is 11.5 Å². The van der Waals surface area contributed by atoms with E-state index in [4.69, 9.17) is 9.47 Å². The highest BCUT2D eigenvalue weighted by molar-refractivity contribution is 5.36. The average Bonchev–Trinajstić information content (AvgIpc) is 2.54. The standard InChI is InChI=1S/C18H23NO2/c1-13(15-9-11-16(20-3)12-10-15)19-14(2)17-7-5-6-8-18(17)21-4/h5-14,19H,1-4H3/t13-,14?/m1/s1. The van der Waals surface area contributed by atoms with Gasteiger partial charge in [0.2, 0.25) is 0 Å². The number of benzene rings is 2. The first-order chi connectivity index (χ1) is 10.2. The second-order valence-corrected chi connectivity index (χ2v) is 5.13. The highest BCUT2D eigenvalue weighted by Gasteiger charge is 2.14. The Morgan fingerprint density at radius 2 is 1.48 bits per heavy atom. The Morgan fingerprint density at radius 3 is 2.10 bits per heavy atom. The normalized spacial score (nSPS) is 13.5. The molecule has 0 aliphatic carbocycles. The number of methoxy groups -OCH3 is 2. The minimum atomic E-state index is 0.207. The molecule has 0 aromatic heterocycles. The summed E-state index contributed by atoms with van der Waals surface area (Å²) in [7, 11) is 3.39. The fraction of sp³-hybridized carbons (Fsp3) is 0.333. The van der Waals surface area contributed by atoms with Crippen molar-refractivity contribution in [3.8, 4) is 11.5 Å². The first-order valence-corrected chi connectivity index (χ1v) is 7.18. The van der Waals surface area contributed by atoms with E-state index in [2.05, 4.69) is 37.4 Å². The number of hydrogen-bond acceptors (Lipinski definition) is 3. The summed E-state index contributed by atoms with van der Waals surface area (Å²) in [4.78, 5) is 0. The first kappa shape index (κ1) is 15.4. The number of para-hydroxylation sites is 1. The molecule has 0 radical (unpaired) electrons. The van der Waals surface area contributed by atoms with E-state index in [9.17, 15) is 0 Å². The number of rotatable bonds is 6. The molecule has 0 bridgehead atoms. The van der Waals surface area contributed by atoms with Crippen LogP contribution in [0.15, 0.2) is 48.5 Å². The van der Waals surface area contributed by atoms with Crippen LogP contribution in [0.25, 0.3) is 0 Å². The van der Waals surface area contributed by atoms with Gasteiger partial charge in [-0.1, -0.05) is 30.3 Å². The van der Waals surface area contributed by atoms with Gasteiger partial charge in [-0.2, -0.15) is 0 Å². The van der Waals surface area contributed by atoms with Crippen LogP contribution in [0.2, 0.25) is 0 Å². The lowest BCUT2D eigenvalue weighted by atomic mass is 10.0. The predicted molar refractivity (Wildman–Crippen MR) is 86.0 cm³/mol. The lowest BCUT2D eigenvalue weighted by molar-refractivity contribution is 0.396. The van der Waals surface area contributed by atoms with E-state index in [1.807, 2.05) is 30.3 Å². The summed E-state index contributed by atoms with van der Waals surface area (Å²) >= 11 is 0. The van der Waals surface area contributed by atoms with Crippen LogP contribution in [0, 0.1) is 0 Å². The molecule has 2 aromatic carbocycles. The summed E-state index contributed by atoms with van der Waals surface area (Å²) in [5.41, 5.74) is 2.40. The van der Waals surface area contributed by atoms with Crippen molar-refractivity contribution in [3.05, 3.63) is 59.7 Å². The zero-order valence-electron chi connectivity index (χ0n) is 13.1. The quantitative estimate of drug-likeness (QED) is 0.866. The third-order valence-electron chi connectivity index (χ3n) is 3.72. The summed E-state index contributed by atoms with van der Waals surface area (Å²) in [6, 6.07) is 16.7. The molecular formula is C18H23NO2. The molecule has 0 spiro atoms. The van der Waals surface area contributed by atoms with Crippen LogP contribution in [0.4, 0.5) is 0 Å². The highest BCUT2D eigenvalue weighted by atomic mass is 16.5. The highest BCUT2D eigenvalue weighted by Crippen LogP contribution is 2.27. The molecule has 0 aliphatic rings. The van der Waals surface area contributed by atoms with Gasteiger partial charge in [0.05, 0.1) is 14.2 Å². The summed E-state index contributed by atoms with van der Waals surface area (Å²) < 4.78 is 10.6. The molecule has 0 saturated heterocycles. The van der Waals surface area contributed by atoms with Crippen LogP contribution in [-0.2, 0) is 0 Å². The predicted octanol–water partition coefficient (Wildman–Crippen LogP) is 4.12. The number of hydrogen-bond donors (Lipinski definition) is 1. The van der Waals surface area contributed by atoms with Gasteiger partial charge in [0.15, 0.2) is 0 Å². The second kappa shape index (κ2) is 7.14. The lowest BCUT2D eigenvalue weighted by Crippen LogP contribution is -2.22. The molecule has 0 saturated carbocycles. The molecule has 2 aromatic rings. The van der Waals surface area contributed by atoms with Gasteiger partial charge in [-0.3, -0.25) is 0 Å². The molecule has 112 valence electrons. The molecule has 1 unspecified atom stereocenters. The molecule has 1 N–H and O–H groups in total. The summed E-state index contributed by atoms with van der Waals surface area (Å²) in [6.45, 7) is 4.31. The monoisotopic (exact) mass is 285 g/mol. The second-order valence-electron chi connectivity index (χ2n) is 5.13. The van der Waals surface area contributed by atoms with Crippen molar-refractivity contribution in [2.75, 3.05) is 14.2 Å². The van der Waals surface area contributed by atoms with Crippen molar-refractivity contribution in [2.45, 2.75) is 25.9 Å². The third-order valence-corrected chi connectivity index (χ3v) is 3.72. The minimum absolute atomic E-state index is 0.207. The SMILES string of the molecule is COc1ccc([C@@H](C)NC(C)c2ccccc2OC)cc1. The Kier molecular flexibility index (Phi) is 5.23. The Bertz CT molecular complexity index is 566. The number of ether oxygens (including phenoxy) is 2. The smallest absolute Gasteiger partial charge is 0.123 e. The maximum atomic E-state index is 5.43. The van der Waals surface area contributed by atoms with Gasteiger partial charge in [-0.15, -0.1) is 0 Å². The van der Waals surface area contributed by atoms with Crippen molar-refractivity contribution < 1.29 is 9.47 Å². The van der Waals surface area contributed by atoms with Crippen LogP contribution in [0.1, 0.15) is 37.1 Å². The zero-order valence-corrected chi connectivity index (χ0v) is 13.1. The lowest BCUT2D eigenvalue weighted by Gasteiger charge is -2.22. The molecule has 0 aliphatic heterocycles. The van der Waals surface area contributed by atoms with Crippen LogP contribution in [0.3, 0.4) is 0 Å². The summed E-state index contributed by atoms with van der Waals surface area (Å²) in [6.07, 6.45) is 0. The Hall–Kier alpha value is -2.00. The van der Waals surface area contributed by atoms with E-state index in [-0.39, 0.29) is 12.1 Å². The van der Waals surface area contributed by atoms with Crippen molar-refractivity contribution in [1.29, 1.82) is 0 Å². The van der Waals surface area contributed by atoms with Crippen LogP contribution in [-0.4, -0.2) is 14.2 Å². The molecule has 3 nitrogen and oxygen atoms in total. The van der Waals surface area contributed by atoms with Gasteiger partial charge in [0, 0.05) is 17.6 Å². The van der Waals surface area contributed by atoms with Crippen LogP contribution in [0.5, 0.6) is 11.5 Å². The summed E-state index contributed by atoms with van der Waals surface area (Å²) in [5.74, 6) is 1.79. The van der Waals surface area contributed by atoms with E-state index in [1.165, 1.54) is 11.1 Å². The van der Waals surface area contributed by atoms with E-state index in [0.29, 0.717) is 0 Å². The first-order valence-electron chi connectivity index (χ1n) is 7.18. The zero-order chi connectivity index (χ0) is 15.2. The fourth-order valence-electron chi connectivity index (χ4n) is 2.48. The fourth-order valence-corrected chi connectivity index (χ4v) is 2.48. The van der Waals surface area contributed by atoms with Crippen LogP contribution >= 0.6 is 0 Å². The van der Waals surface area contributed by atoms with Crippen LogP contribution < -0.4 is 14.8 Å². The summed E-state index contributed by atoms with van der Waals surface area (Å²) in [5, 5.41) is 3.60.